The maximum atomic E-state index is 12.0. The first-order valence-electron chi connectivity index (χ1n) is 7.90. The van der Waals surface area contributed by atoms with Crippen LogP contribution in [0.25, 0.3) is 0 Å². The summed E-state index contributed by atoms with van der Waals surface area (Å²) in [4.78, 5) is 24.6. The van der Waals surface area contributed by atoms with Crippen molar-refractivity contribution in [3.63, 3.8) is 0 Å². The molecule has 1 fully saturated rings. The van der Waals surface area contributed by atoms with E-state index in [9.17, 15) is 9.59 Å². The monoisotopic (exact) mass is 296 g/mol. The zero-order chi connectivity index (χ0) is 15.7. The molecule has 0 bridgehead atoms. The second-order valence-electron chi connectivity index (χ2n) is 5.90. The zero-order valence-corrected chi connectivity index (χ0v) is 13.0. The molecule has 5 heteroatoms. The van der Waals surface area contributed by atoms with Gasteiger partial charge in [-0.1, -0.05) is 12.5 Å². The number of amides is 2. The first-order valence-corrected chi connectivity index (χ1v) is 7.90. The third-order valence-electron chi connectivity index (χ3n) is 4.15. The Bertz CT molecular complexity index is 349. The van der Waals surface area contributed by atoms with E-state index < -0.39 is 5.97 Å². The Morgan fingerprint density at radius 2 is 1.90 bits per heavy atom. The van der Waals surface area contributed by atoms with E-state index in [0.29, 0.717) is 12.8 Å². The highest BCUT2D eigenvalue weighted by atomic mass is 16.4. The van der Waals surface area contributed by atoms with E-state index in [1.165, 1.54) is 0 Å². The van der Waals surface area contributed by atoms with Crippen molar-refractivity contribution in [2.75, 3.05) is 13.6 Å². The number of hydrogen-bond donors (Lipinski definition) is 2. The van der Waals surface area contributed by atoms with E-state index in [2.05, 4.69) is 11.9 Å². The molecule has 2 N–H and O–H groups in total. The molecule has 0 saturated heterocycles. The zero-order valence-electron chi connectivity index (χ0n) is 13.0. The highest BCUT2D eigenvalue weighted by Gasteiger charge is 2.27. The van der Waals surface area contributed by atoms with Crippen molar-refractivity contribution in [1.29, 1.82) is 0 Å². The number of hydrogen-bond acceptors (Lipinski definition) is 2. The summed E-state index contributed by atoms with van der Waals surface area (Å²) in [5.41, 5.74) is 0. The molecule has 0 spiro atoms. The van der Waals surface area contributed by atoms with Crippen molar-refractivity contribution < 1.29 is 14.7 Å². The van der Waals surface area contributed by atoms with E-state index >= 15 is 0 Å². The van der Waals surface area contributed by atoms with Gasteiger partial charge < -0.3 is 15.3 Å². The van der Waals surface area contributed by atoms with Gasteiger partial charge >= 0.3 is 12.0 Å². The van der Waals surface area contributed by atoms with E-state index in [0.717, 1.165) is 45.1 Å². The van der Waals surface area contributed by atoms with Crippen molar-refractivity contribution in [2.45, 2.75) is 57.4 Å². The molecule has 1 aliphatic rings. The first kappa shape index (κ1) is 17.5. The summed E-state index contributed by atoms with van der Waals surface area (Å²) in [7, 11) is 1.81. The molecule has 1 saturated carbocycles. The number of aliphatic carboxylic acids is 1. The predicted molar refractivity (Wildman–Crippen MR) is 83.2 cm³/mol. The summed E-state index contributed by atoms with van der Waals surface area (Å²) in [6, 6.07) is 0.0776. The smallest absolute Gasteiger partial charge is 0.317 e. The van der Waals surface area contributed by atoms with E-state index in [1.54, 1.807) is 4.90 Å². The number of urea groups is 1. The summed E-state index contributed by atoms with van der Waals surface area (Å²) in [5.74, 6) is -0.947. The van der Waals surface area contributed by atoms with Crippen LogP contribution < -0.4 is 5.32 Å². The first-order chi connectivity index (χ1) is 10.0. The van der Waals surface area contributed by atoms with Crippen LogP contribution >= 0.6 is 0 Å². The van der Waals surface area contributed by atoms with Gasteiger partial charge in [-0.2, -0.15) is 0 Å². The lowest BCUT2D eigenvalue weighted by molar-refractivity contribution is -0.142. The van der Waals surface area contributed by atoms with Gasteiger partial charge in [0.1, 0.15) is 0 Å². The Morgan fingerprint density at radius 1 is 1.24 bits per heavy atom. The molecule has 0 radical (unpaired) electrons. The summed E-state index contributed by atoms with van der Waals surface area (Å²) < 4.78 is 0. The molecule has 0 aromatic carbocycles. The fourth-order valence-corrected chi connectivity index (χ4v) is 2.69. The van der Waals surface area contributed by atoms with Gasteiger partial charge in [0.25, 0.3) is 0 Å². The number of allylic oxidation sites excluding steroid dienone is 1. The van der Waals surface area contributed by atoms with Gasteiger partial charge in [0, 0.05) is 19.6 Å². The largest absolute Gasteiger partial charge is 0.481 e. The lowest BCUT2D eigenvalue weighted by Gasteiger charge is -2.28. The number of nitrogens with one attached hydrogen (secondary N) is 1. The molecule has 0 atom stereocenters. The normalized spacial score (nSPS) is 21.6. The van der Waals surface area contributed by atoms with Crippen LogP contribution in [0.1, 0.15) is 51.4 Å². The predicted octanol–water partition coefficient (Wildman–Crippen LogP) is 3.02. The van der Waals surface area contributed by atoms with Crippen molar-refractivity contribution in [2.24, 2.45) is 5.92 Å². The molecule has 0 heterocycles. The summed E-state index contributed by atoms with van der Waals surface area (Å²) >= 11 is 0. The maximum Gasteiger partial charge on any atom is 0.317 e. The topological polar surface area (TPSA) is 69.6 Å². The molecule has 0 aromatic rings. The van der Waals surface area contributed by atoms with Crippen LogP contribution in [-0.2, 0) is 4.79 Å². The van der Waals surface area contributed by atoms with Gasteiger partial charge in [0.15, 0.2) is 0 Å². The third-order valence-corrected chi connectivity index (χ3v) is 4.15. The number of carbonyl (C=O) groups excluding carboxylic acids is 1. The Balaban J connectivity index is 2.18. The minimum atomic E-state index is -0.712. The van der Waals surface area contributed by atoms with Gasteiger partial charge in [-0.15, -0.1) is 6.58 Å². The minimum Gasteiger partial charge on any atom is -0.481 e. The molecule has 2 amide bonds. The number of rotatable bonds is 8. The number of nitrogens with zero attached hydrogens (tertiary/aromatic N) is 1. The van der Waals surface area contributed by atoms with Crippen LogP contribution in [0.2, 0.25) is 0 Å². The lowest BCUT2D eigenvalue weighted by atomic mass is 9.86. The van der Waals surface area contributed by atoms with Crippen LogP contribution in [0, 0.1) is 5.92 Å². The maximum absolute atomic E-state index is 12.0. The van der Waals surface area contributed by atoms with Crippen molar-refractivity contribution in [3.8, 4) is 0 Å². The molecule has 1 aliphatic carbocycles. The second-order valence-corrected chi connectivity index (χ2v) is 5.90. The summed E-state index contributed by atoms with van der Waals surface area (Å²) in [6.07, 6.45) is 9.02. The fourth-order valence-electron chi connectivity index (χ4n) is 2.69. The Morgan fingerprint density at radius 3 is 2.48 bits per heavy atom. The SMILES string of the molecule is C=CCCCCCN(C)C(=O)NC1CCC(C(=O)O)CC1. The van der Waals surface area contributed by atoms with E-state index in [-0.39, 0.29) is 18.0 Å². The minimum absolute atomic E-state index is 0.0440. The molecule has 120 valence electrons. The third kappa shape index (κ3) is 6.65. The second kappa shape index (κ2) is 9.42. The van der Waals surface area contributed by atoms with Crippen LogP contribution in [0.5, 0.6) is 0 Å². The lowest BCUT2D eigenvalue weighted by Crippen LogP contribution is -2.45. The van der Waals surface area contributed by atoms with Crippen LogP contribution in [0.3, 0.4) is 0 Å². The van der Waals surface area contributed by atoms with Crippen molar-refractivity contribution in [3.05, 3.63) is 12.7 Å². The van der Waals surface area contributed by atoms with Gasteiger partial charge in [-0.3, -0.25) is 4.79 Å². The summed E-state index contributed by atoms with van der Waals surface area (Å²) in [6.45, 7) is 4.45. The van der Waals surface area contributed by atoms with Gasteiger partial charge in [-0.05, 0) is 44.9 Å². The van der Waals surface area contributed by atoms with Crippen LogP contribution in [0.15, 0.2) is 12.7 Å². The quantitative estimate of drug-likeness (QED) is 0.534. The van der Waals surface area contributed by atoms with Gasteiger partial charge in [-0.25, -0.2) is 4.79 Å². The molecular weight excluding hydrogens is 268 g/mol. The number of unbranched alkanes of at least 4 members (excludes halogenated alkanes) is 3. The molecule has 0 unspecified atom stereocenters. The van der Waals surface area contributed by atoms with Crippen molar-refractivity contribution in [1.82, 2.24) is 10.2 Å². The average Bonchev–Trinajstić information content (AvgIpc) is 2.47. The standard InChI is InChI=1S/C16H28N2O3/c1-3-4-5-6-7-12-18(2)16(21)17-14-10-8-13(9-11-14)15(19)20/h3,13-14H,1,4-12H2,2H3,(H,17,21)(H,19,20). The van der Waals surface area contributed by atoms with Crippen LogP contribution in [0.4, 0.5) is 4.79 Å². The molecule has 0 aliphatic heterocycles. The fraction of sp³-hybridized carbons (Fsp3) is 0.750. The Labute approximate surface area is 127 Å². The molecule has 1 rings (SSSR count). The average molecular weight is 296 g/mol. The van der Waals surface area contributed by atoms with E-state index in [1.807, 2.05) is 13.1 Å². The molecule has 0 aromatic heterocycles. The summed E-state index contributed by atoms with van der Waals surface area (Å²) in [5, 5.41) is 12.0. The van der Waals surface area contributed by atoms with Gasteiger partial charge in [0.05, 0.1) is 5.92 Å². The molecular formula is C16H28N2O3. The molecule has 5 nitrogen and oxygen atoms in total. The number of carboxylic acids is 1. The van der Waals surface area contributed by atoms with E-state index in [4.69, 9.17) is 5.11 Å². The van der Waals surface area contributed by atoms with Crippen molar-refractivity contribution >= 4 is 12.0 Å². The highest BCUT2D eigenvalue weighted by Crippen LogP contribution is 2.24. The number of carbonyl (C=O) groups is 2. The molecule has 21 heavy (non-hydrogen) atoms. The highest BCUT2D eigenvalue weighted by molar-refractivity contribution is 5.74. The van der Waals surface area contributed by atoms with Gasteiger partial charge in [0.2, 0.25) is 0 Å². The Hall–Kier alpha value is -1.52. The van der Waals surface area contributed by atoms with Crippen LogP contribution in [-0.4, -0.2) is 41.6 Å². The number of carboxylic acid groups (broad SMARTS) is 1. The Kier molecular flexibility index (Phi) is 7.87.